The van der Waals surface area contributed by atoms with Gasteiger partial charge in [-0.15, -0.1) is 0 Å². The van der Waals surface area contributed by atoms with Gasteiger partial charge in [0.25, 0.3) is 0 Å². The van der Waals surface area contributed by atoms with Crippen molar-refractivity contribution in [3.63, 3.8) is 0 Å². The van der Waals surface area contributed by atoms with Crippen LogP contribution in [0.25, 0.3) is 0 Å². The smallest absolute Gasteiger partial charge is 0.0207 e. The second kappa shape index (κ2) is 7.54. The van der Waals surface area contributed by atoms with Gasteiger partial charge in [-0.2, -0.15) is 0 Å². The molecule has 0 aliphatic rings. The lowest BCUT2D eigenvalue weighted by atomic mass is 10.1. The standard InChI is InChI=1S/C12H19NO/c14-13-11-7-2-1-4-8-12-9-5-3-6-10-12/h3,5-6,9-10,13-14H,1-2,4,7-8,11H2. The summed E-state index contributed by atoms with van der Waals surface area (Å²) < 4.78 is 0. The molecule has 0 heterocycles. The lowest BCUT2D eigenvalue weighted by molar-refractivity contribution is 0.164. The van der Waals surface area contributed by atoms with Crippen molar-refractivity contribution in [3.8, 4) is 0 Å². The summed E-state index contributed by atoms with van der Waals surface area (Å²) in [5.41, 5.74) is 3.60. The van der Waals surface area contributed by atoms with Crippen LogP contribution in [-0.2, 0) is 6.42 Å². The van der Waals surface area contributed by atoms with Crippen molar-refractivity contribution in [2.75, 3.05) is 6.54 Å². The summed E-state index contributed by atoms with van der Waals surface area (Å²) in [7, 11) is 0. The molecule has 0 radical (unpaired) electrons. The maximum atomic E-state index is 8.35. The zero-order valence-electron chi connectivity index (χ0n) is 8.58. The fourth-order valence-electron chi connectivity index (χ4n) is 1.53. The Morgan fingerprint density at radius 1 is 0.929 bits per heavy atom. The predicted molar refractivity (Wildman–Crippen MR) is 58.4 cm³/mol. The number of unbranched alkanes of at least 4 members (excludes halogenated alkanes) is 3. The maximum Gasteiger partial charge on any atom is 0.0207 e. The zero-order chi connectivity index (χ0) is 10.1. The number of aryl methyl sites for hydroxylation is 1. The highest BCUT2D eigenvalue weighted by molar-refractivity contribution is 5.14. The second-order valence-corrected chi connectivity index (χ2v) is 3.56. The van der Waals surface area contributed by atoms with Gasteiger partial charge in [0.05, 0.1) is 0 Å². The van der Waals surface area contributed by atoms with Gasteiger partial charge >= 0.3 is 0 Å². The molecule has 1 rings (SSSR count). The first-order valence-corrected chi connectivity index (χ1v) is 5.34. The quantitative estimate of drug-likeness (QED) is 0.515. The van der Waals surface area contributed by atoms with Gasteiger partial charge in [-0.05, 0) is 24.8 Å². The molecular formula is C12H19NO. The van der Waals surface area contributed by atoms with E-state index < -0.39 is 0 Å². The van der Waals surface area contributed by atoms with E-state index in [-0.39, 0.29) is 0 Å². The van der Waals surface area contributed by atoms with Gasteiger partial charge in [0.15, 0.2) is 0 Å². The molecule has 2 nitrogen and oxygen atoms in total. The summed E-state index contributed by atoms with van der Waals surface area (Å²) in [5, 5.41) is 8.35. The average Bonchev–Trinajstić information content (AvgIpc) is 2.25. The average molecular weight is 193 g/mol. The fourth-order valence-corrected chi connectivity index (χ4v) is 1.53. The van der Waals surface area contributed by atoms with Crippen LogP contribution in [0.5, 0.6) is 0 Å². The predicted octanol–water partition coefficient (Wildman–Crippen LogP) is 2.77. The highest BCUT2D eigenvalue weighted by atomic mass is 16.5. The Kier molecular flexibility index (Phi) is 6.04. The molecule has 0 spiro atoms. The van der Waals surface area contributed by atoms with Crippen molar-refractivity contribution < 1.29 is 5.21 Å². The van der Waals surface area contributed by atoms with E-state index in [9.17, 15) is 0 Å². The molecule has 1 aromatic carbocycles. The molecule has 0 unspecified atom stereocenters. The van der Waals surface area contributed by atoms with E-state index in [1.54, 1.807) is 0 Å². The highest BCUT2D eigenvalue weighted by Crippen LogP contribution is 2.06. The number of nitrogens with one attached hydrogen (secondary N) is 1. The van der Waals surface area contributed by atoms with Crippen LogP contribution < -0.4 is 5.48 Å². The fraction of sp³-hybridized carbons (Fsp3) is 0.500. The van der Waals surface area contributed by atoms with E-state index in [1.807, 2.05) is 0 Å². The van der Waals surface area contributed by atoms with Crippen LogP contribution in [0.3, 0.4) is 0 Å². The van der Waals surface area contributed by atoms with Crippen LogP contribution in [0.15, 0.2) is 30.3 Å². The molecular weight excluding hydrogens is 174 g/mol. The summed E-state index contributed by atoms with van der Waals surface area (Å²) in [6, 6.07) is 10.6. The lowest BCUT2D eigenvalue weighted by Crippen LogP contribution is -2.07. The molecule has 2 heteroatoms. The molecule has 0 aliphatic carbocycles. The van der Waals surface area contributed by atoms with Gasteiger partial charge in [-0.3, -0.25) is 0 Å². The van der Waals surface area contributed by atoms with Crippen LogP contribution in [0.1, 0.15) is 31.2 Å². The van der Waals surface area contributed by atoms with Crippen molar-refractivity contribution in [3.05, 3.63) is 35.9 Å². The summed E-state index contributed by atoms with van der Waals surface area (Å²) in [5.74, 6) is 0. The molecule has 0 atom stereocenters. The molecule has 0 saturated carbocycles. The Balaban J connectivity index is 1.99. The minimum atomic E-state index is 0.714. The van der Waals surface area contributed by atoms with E-state index in [2.05, 4.69) is 35.8 Å². The maximum absolute atomic E-state index is 8.35. The number of hydrogen-bond acceptors (Lipinski definition) is 2. The molecule has 0 aliphatic heterocycles. The van der Waals surface area contributed by atoms with Crippen LogP contribution in [-0.4, -0.2) is 11.8 Å². The summed E-state index contributed by atoms with van der Waals surface area (Å²) in [6.07, 6.45) is 5.92. The zero-order valence-corrected chi connectivity index (χ0v) is 8.58. The van der Waals surface area contributed by atoms with Crippen LogP contribution in [0, 0.1) is 0 Å². The third-order valence-electron chi connectivity index (χ3n) is 2.35. The molecule has 0 amide bonds. The number of hydrogen-bond donors (Lipinski definition) is 2. The Morgan fingerprint density at radius 2 is 1.64 bits per heavy atom. The van der Waals surface area contributed by atoms with Gasteiger partial charge < -0.3 is 5.21 Å². The van der Waals surface area contributed by atoms with Gasteiger partial charge in [0, 0.05) is 6.54 Å². The summed E-state index contributed by atoms with van der Waals surface area (Å²) in [4.78, 5) is 0. The van der Waals surface area contributed by atoms with E-state index in [4.69, 9.17) is 5.21 Å². The highest BCUT2D eigenvalue weighted by Gasteiger charge is 1.92. The topological polar surface area (TPSA) is 32.3 Å². The number of hydroxylamine groups is 1. The molecule has 1 aromatic rings. The summed E-state index contributed by atoms with van der Waals surface area (Å²) in [6.45, 7) is 0.714. The first-order valence-electron chi connectivity index (χ1n) is 5.34. The Labute approximate surface area is 85.9 Å². The van der Waals surface area contributed by atoms with Crippen LogP contribution in [0.4, 0.5) is 0 Å². The Hall–Kier alpha value is -0.860. The molecule has 0 bridgehead atoms. The third kappa shape index (κ3) is 5.00. The van der Waals surface area contributed by atoms with E-state index in [0.717, 1.165) is 6.42 Å². The molecule has 2 N–H and O–H groups in total. The Bertz CT molecular complexity index is 223. The molecule has 0 saturated heterocycles. The van der Waals surface area contributed by atoms with Crippen molar-refractivity contribution in [1.82, 2.24) is 5.48 Å². The molecule has 0 fully saturated rings. The normalized spacial score (nSPS) is 10.4. The van der Waals surface area contributed by atoms with E-state index in [0.29, 0.717) is 6.54 Å². The van der Waals surface area contributed by atoms with Crippen LogP contribution in [0.2, 0.25) is 0 Å². The van der Waals surface area contributed by atoms with Crippen LogP contribution >= 0.6 is 0 Å². The SMILES string of the molecule is ONCCCCCCc1ccccc1. The minimum absolute atomic E-state index is 0.714. The van der Waals surface area contributed by atoms with Gasteiger partial charge in [0.1, 0.15) is 0 Å². The number of benzene rings is 1. The van der Waals surface area contributed by atoms with Crippen molar-refractivity contribution in [2.24, 2.45) is 0 Å². The third-order valence-corrected chi connectivity index (χ3v) is 2.35. The van der Waals surface area contributed by atoms with Crippen molar-refractivity contribution in [2.45, 2.75) is 32.1 Å². The second-order valence-electron chi connectivity index (χ2n) is 3.56. The molecule has 14 heavy (non-hydrogen) atoms. The van der Waals surface area contributed by atoms with E-state index >= 15 is 0 Å². The number of rotatable bonds is 7. The molecule has 0 aromatic heterocycles. The monoisotopic (exact) mass is 193 g/mol. The Morgan fingerprint density at radius 3 is 2.36 bits per heavy atom. The summed E-state index contributed by atoms with van der Waals surface area (Å²) >= 11 is 0. The lowest BCUT2D eigenvalue weighted by Gasteiger charge is -2.01. The van der Waals surface area contributed by atoms with Gasteiger partial charge in [0.2, 0.25) is 0 Å². The van der Waals surface area contributed by atoms with E-state index in [1.165, 1.54) is 31.2 Å². The molecule has 78 valence electrons. The first-order chi connectivity index (χ1) is 6.93. The minimum Gasteiger partial charge on any atom is -0.317 e. The van der Waals surface area contributed by atoms with Crippen molar-refractivity contribution >= 4 is 0 Å². The van der Waals surface area contributed by atoms with Gasteiger partial charge in [-0.25, -0.2) is 5.48 Å². The first kappa shape index (κ1) is 11.2. The van der Waals surface area contributed by atoms with Gasteiger partial charge in [-0.1, -0.05) is 43.2 Å². The van der Waals surface area contributed by atoms with Crippen molar-refractivity contribution in [1.29, 1.82) is 0 Å². The largest absolute Gasteiger partial charge is 0.317 e.